The predicted molar refractivity (Wildman–Crippen MR) is 115 cm³/mol. The Bertz CT molecular complexity index is 1240. The van der Waals surface area contributed by atoms with Crippen molar-refractivity contribution >= 4 is 40.5 Å². The number of aryl methyl sites for hydroxylation is 1. The third kappa shape index (κ3) is 3.30. The first kappa shape index (κ1) is 19.0. The standard InChI is InChI=1S/C21H15Cl2N3OS/c1-12-13(2)21(28-14-7-4-3-5-8-14)25-26-11-24-20(27)18(19(12)26)17-15(22)9-6-10-16(17)23/h3-11H,1-2H3. The Morgan fingerprint density at radius 1 is 0.893 bits per heavy atom. The van der Waals surface area contributed by atoms with Crippen LogP contribution in [0, 0.1) is 13.8 Å². The Balaban J connectivity index is 2.00. The molecule has 0 unspecified atom stereocenters. The zero-order valence-electron chi connectivity index (χ0n) is 15.1. The molecule has 0 aliphatic carbocycles. The number of benzene rings is 2. The topological polar surface area (TPSA) is 47.3 Å². The van der Waals surface area contributed by atoms with Crippen molar-refractivity contribution in [1.29, 1.82) is 0 Å². The van der Waals surface area contributed by atoms with Crippen LogP contribution in [0.5, 0.6) is 0 Å². The summed E-state index contributed by atoms with van der Waals surface area (Å²) in [6.07, 6.45) is 1.44. The lowest BCUT2D eigenvalue weighted by atomic mass is 10.0. The van der Waals surface area contributed by atoms with Crippen molar-refractivity contribution in [3.8, 4) is 11.1 Å². The molecule has 2 aromatic carbocycles. The number of aromatic nitrogens is 3. The number of hydrogen-bond acceptors (Lipinski definition) is 4. The van der Waals surface area contributed by atoms with E-state index in [2.05, 4.69) is 4.98 Å². The van der Waals surface area contributed by atoms with E-state index in [4.69, 9.17) is 28.3 Å². The van der Waals surface area contributed by atoms with Gasteiger partial charge in [0.1, 0.15) is 11.4 Å². The Labute approximate surface area is 176 Å². The highest BCUT2D eigenvalue weighted by Crippen LogP contribution is 2.37. The summed E-state index contributed by atoms with van der Waals surface area (Å²) in [6.45, 7) is 3.96. The summed E-state index contributed by atoms with van der Waals surface area (Å²) in [5, 5.41) is 6.36. The minimum Gasteiger partial charge on any atom is -0.267 e. The Morgan fingerprint density at radius 2 is 1.57 bits per heavy atom. The molecule has 0 bridgehead atoms. The zero-order chi connectivity index (χ0) is 19.8. The molecule has 0 atom stereocenters. The maximum atomic E-state index is 12.7. The van der Waals surface area contributed by atoms with Gasteiger partial charge < -0.3 is 0 Å². The third-order valence-electron chi connectivity index (χ3n) is 4.57. The van der Waals surface area contributed by atoms with E-state index in [0.717, 1.165) is 21.0 Å². The van der Waals surface area contributed by atoms with Crippen LogP contribution in [0.3, 0.4) is 0 Å². The quantitative estimate of drug-likeness (QED) is 0.412. The lowest BCUT2D eigenvalue weighted by molar-refractivity contribution is 0.805. The molecule has 140 valence electrons. The van der Waals surface area contributed by atoms with Gasteiger partial charge in [-0.2, -0.15) is 10.1 Å². The van der Waals surface area contributed by atoms with Crippen molar-refractivity contribution in [2.75, 3.05) is 0 Å². The van der Waals surface area contributed by atoms with Crippen LogP contribution in [0.1, 0.15) is 11.1 Å². The van der Waals surface area contributed by atoms with Crippen LogP contribution in [0.2, 0.25) is 10.0 Å². The average molecular weight is 428 g/mol. The molecule has 0 N–H and O–H groups in total. The average Bonchev–Trinajstić information content (AvgIpc) is 2.68. The molecule has 4 aromatic rings. The van der Waals surface area contributed by atoms with Gasteiger partial charge in [-0.15, -0.1) is 0 Å². The first-order valence-electron chi connectivity index (χ1n) is 8.53. The summed E-state index contributed by atoms with van der Waals surface area (Å²) in [5.41, 5.74) is 3.03. The number of nitrogens with zero attached hydrogens (tertiary/aromatic N) is 3. The third-order valence-corrected chi connectivity index (χ3v) is 6.29. The van der Waals surface area contributed by atoms with Crippen LogP contribution in [0.4, 0.5) is 0 Å². The van der Waals surface area contributed by atoms with Crippen LogP contribution >= 0.6 is 35.0 Å². The van der Waals surface area contributed by atoms with Crippen molar-refractivity contribution in [3.63, 3.8) is 0 Å². The van der Waals surface area contributed by atoms with Gasteiger partial charge in [-0.25, -0.2) is 4.52 Å². The van der Waals surface area contributed by atoms with Crippen molar-refractivity contribution in [1.82, 2.24) is 14.6 Å². The summed E-state index contributed by atoms with van der Waals surface area (Å²) < 4.78 is 1.63. The summed E-state index contributed by atoms with van der Waals surface area (Å²) >= 11 is 14.3. The number of rotatable bonds is 3. The molecule has 2 aromatic heterocycles. The van der Waals surface area contributed by atoms with Gasteiger partial charge >= 0.3 is 0 Å². The number of fused-ring (bicyclic) bond motifs is 1. The van der Waals surface area contributed by atoms with Gasteiger partial charge in [-0.05, 0) is 49.2 Å². The smallest absolute Gasteiger partial charge is 0.267 e. The predicted octanol–water partition coefficient (Wildman–Crippen LogP) is 5.83. The molecule has 0 aliphatic heterocycles. The molecule has 0 radical (unpaired) electrons. The minimum atomic E-state index is -0.386. The molecule has 0 aliphatic rings. The number of hydrogen-bond donors (Lipinski definition) is 0. The lowest BCUT2D eigenvalue weighted by Gasteiger charge is -2.15. The van der Waals surface area contributed by atoms with Gasteiger partial charge in [0, 0.05) is 10.5 Å². The molecule has 7 heteroatoms. The van der Waals surface area contributed by atoms with Gasteiger partial charge in [0.2, 0.25) is 0 Å². The van der Waals surface area contributed by atoms with Gasteiger partial charge in [0.05, 0.1) is 21.1 Å². The highest BCUT2D eigenvalue weighted by molar-refractivity contribution is 7.99. The van der Waals surface area contributed by atoms with E-state index in [0.29, 0.717) is 26.7 Å². The normalized spacial score (nSPS) is 11.1. The Kier molecular flexibility index (Phi) is 5.15. The van der Waals surface area contributed by atoms with E-state index in [1.165, 1.54) is 6.33 Å². The van der Waals surface area contributed by atoms with Crippen LogP contribution in [0.15, 0.2) is 69.6 Å². The minimum absolute atomic E-state index is 0.363. The largest absolute Gasteiger partial charge is 0.281 e. The summed E-state index contributed by atoms with van der Waals surface area (Å²) in [7, 11) is 0. The second-order valence-electron chi connectivity index (χ2n) is 6.28. The van der Waals surface area contributed by atoms with E-state index in [-0.39, 0.29) is 5.56 Å². The van der Waals surface area contributed by atoms with Crippen molar-refractivity contribution in [2.45, 2.75) is 23.8 Å². The fourth-order valence-corrected chi connectivity index (χ4v) is 4.59. The fraction of sp³-hybridized carbons (Fsp3) is 0.0952. The highest BCUT2D eigenvalue weighted by Gasteiger charge is 2.20. The maximum absolute atomic E-state index is 12.7. The number of halogens is 2. The first-order valence-corrected chi connectivity index (χ1v) is 10.1. The van der Waals surface area contributed by atoms with E-state index in [9.17, 15) is 4.79 Å². The van der Waals surface area contributed by atoms with Crippen LogP contribution in [-0.2, 0) is 0 Å². The van der Waals surface area contributed by atoms with E-state index in [1.807, 2.05) is 44.2 Å². The maximum Gasteiger partial charge on any atom is 0.281 e. The Hall–Kier alpha value is -2.34. The molecule has 0 saturated heterocycles. The van der Waals surface area contributed by atoms with E-state index in [1.54, 1.807) is 34.5 Å². The molecule has 0 amide bonds. The molecule has 28 heavy (non-hydrogen) atoms. The van der Waals surface area contributed by atoms with Crippen molar-refractivity contribution in [3.05, 3.63) is 86.4 Å². The lowest BCUT2D eigenvalue weighted by Crippen LogP contribution is -2.16. The van der Waals surface area contributed by atoms with Crippen molar-refractivity contribution < 1.29 is 0 Å². The van der Waals surface area contributed by atoms with Crippen molar-refractivity contribution in [2.24, 2.45) is 0 Å². The van der Waals surface area contributed by atoms with Crippen LogP contribution in [0.25, 0.3) is 16.6 Å². The van der Waals surface area contributed by atoms with Gasteiger partial charge in [-0.3, -0.25) is 4.79 Å². The molecule has 4 rings (SSSR count). The Morgan fingerprint density at radius 3 is 2.25 bits per heavy atom. The second-order valence-corrected chi connectivity index (χ2v) is 8.16. The van der Waals surface area contributed by atoms with Gasteiger partial charge in [0.15, 0.2) is 0 Å². The molecule has 0 spiro atoms. The highest BCUT2D eigenvalue weighted by atomic mass is 35.5. The summed E-state index contributed by atoms with van der Waals surface area (Å²) in [6, 6.07) is 15.2. The van der Waals surface area contributed by atoms with E-state index >= 15 is 0 Å². The second kappa shape index (κ2) is 7.59. The molecule has 2 heterocycles. The molecule has 4 nitrogen and oxygen atoms in total. The molecule has 0 saturated carbocycles. The molecular weight excluding hydrogens is 413 g/mol. The summed E-state index contributed by atoms with van der Waals surface area (Å²) in [5.74, 6) is 0. The monoisotopic (exact) mass is 427 g/mol. The molecule has 0 fully saturated rings. The molecular formula is C21H15Cl2N3OS. The van der Waals surface area contributed by atoms with Crippen LogP contribution in [-0.4, -0.2) is 14.6 Å². The summed E-state index contributed by atoms with van der Waals surface area (Å²) in [4.78, 5) is 17.8. The SMILES string of the molecule is Cc1c(Sc2ccccc2)nn2cnc(=O)c(-c3c(Cl)cccc3Cl)c2c1C. The zero-order valence-corrected chi connectivity index (χ0v) is 17.4. The van der Waals surface area contributed by atoms with Gasteiger partial charge in [0.25, 0.3) is 5.56 Å². The van der Waals surface area contributed by atoms with E-state index < -0.39 is 0 Å². The van der Waals surface area contributed by atoms with Gasteiger partial charge in [-0.1, -0.05) is 59.2 Å². The fourth-order valence-electron chi connectivity index (χ4n) is 3.05. The first-order chi connectivity index (χ1) is 13.5. The van der Waals surface area contributed by atoms with Crippen LogP contribution < -0.4 is 5.56 Å².